The van der Waals surface area contributed by atoms with Crippen LogP contribution in [0.3, 0.4) is 0 Å². The quantitative estimate of drug-likeness (QED) is 0.366. The van der Waals surface area contributed by atoms with Crippen LogP contribution in [-0.4, -0.2) is 7.38 Å². The van der Waals surface area contributed by atoms with Crippen molar-refractivity contribution in [3.05, 3.63) is 0 Å². The van der Waals surface area contributed by atoms with Gasteiger partial charge in [-0.25, -0.2) is 0 Å². The summed E-state index contributed by atoms with van der Waals surface area (Å²) in [4.78, 5) is 0. The Balaban J connectivity index is 2.33. The largest absolute Gasteiger partial charge is 0.167 e. The van der Waals surface area contributed by atoms with Crippen LogP contribution in [0, 0.1) is 0 Å². The van der Waals surface area contributed by atoms with Crippen LogP contribution in [0.2, 0.25) is 18.6 Å². The summed E-state index contributed by atoms with van der Waals surface area (Å²) >= 11 is 6.21. The Morgan fingerprint density at radius 2 is 1.62 bits per heavy atom. The van der Waals surface area contributed by atoms with Crippen LogP contribution in [0.4, 0.5) is 0 Å². The summed E-state index contributed by atoms with van der Waals surface area (Å²) in [5, 5.41) is 0. The van der Waals surface area contributed by atoms with Gasteiger partial charge in [0.1, 0.15) is 0 Å². The molecule has 1 rings (SSSR count). The predicted molar refractivity (Wildman–Crippen MR) is 40.9 cm³/mol. The lowest BCUT2D eigenvalue weighted by Gasteiger charge is -2.23. The van der Waals surface area contributed by atoms with E-state index >= 15 is 0 Å². The van der Waals surface area contributed by atoms with E-state index in [1.54, 1.807) is 0 Å². The molecule has 0 atom stereocenters. The van der Waals surface area contributed by atoms with Gasteiger partial charge in [0.05, 0.1) is 0 Å². The molecule has 0 radical (unpaired) electrons. The molecule has 2 heteroatoms. The predicted octanol–water partition coefficient (Wildman–Crippen LogP) is 2.98. The van der Waals surface area contributed by atoms with Crippen molar-refractivity contribution in [3.63, 3.8) is 0 Å². The van der Waals surface area contributed by atoms with Crippen molar-refractivity contribution >= 4 is 18.5 Å². The molecule has 1 aliphatic heterocycles. The highest BCUT2D eigenvalue weighted by Crippen LogP contribution is 2.30. The van der Waals surface area contributed by atoms with Crippen LogP contribution in [0.1, 0.15) is 19.3 Å². The molecular weight excluding hydrogens is 136 g/mol. The SMILES string of the molecule is C[Si]1(Cl)CCCCC1. The molecule has 1 fully saturated rings. The molecule has 0 aromatic carbocycles. The average Bonchev–Trinajstić information content (AvgIpc) is 1.65. The van der Waals surface area contributed by atoms with E-state index in [9.17, 15) is 0 Å². The molecule has 0 unspecified atom stereocenters. The van der Waals surface area contributed by atoms with Gasteiger partial charge in [0.15, 0.2) is 7.38 Å². The minimum absolute atomic E-state index is 1.12. The number of rotatable bonds is 0. The zero-order valence-corrected chi connectivity index (χ0v) is 7.17. The second-order valence-electron chi connectivity index (χ2n) is 2.97. The van der Waals surface area contributed by atoms with Crippen LogP contribution in [0.25, 0.3) is 0 Å². The van der Waals surface area contributed by atoms with E-state index in [0.29, 0.717) is 0 Å². The Labute approximate surface area is 56.9 Å². The number of halogens is 1. The fourth-order valence-electron chi connectivity index (χ4n) is 1.29. The molecule has 1 aliphatic rings. The Bertz CT molecular complexity index is 72.6. The van der Waals surface area contributed by atoms with Crippen LogP contribution in [0.5, 0.6) is 0 Å². The van der Waals surface area contributed by atoms with Crippen molar-refractivity contribution in [3.8, 4) is 0 Å². The third kappa shape index (κ3) is 1.79. The number of hydrogen-bond acceptors (Lipinski definition) is 0. The topological polar surface area (TPSA) is 0 Å². The maximum atomic E-state index is 6.21. The van der Waals surface area contributed by atoms with Crippen LogP contribution >= 0.6 is 11.1 Å². The maximum Gasteiger partial charge on any atom is 0.153 e. The van der Waals surface area contributed by atoms with Crippen molar-refractivity contribution in [2.75, 3.05) is 0 Å². The van der Waals surface area contributed by atoms with E-state index in [1.165, 1.54) is 31.4 Å². The third-order valence-corrected chi connectivity index (χ3v) is 5.82. The third-order valence-electron chi connectivity index (χ3n) is 1.90. The van der Waals surface area contributed by atoms with Gasteiger partial charge < -0.3 is 0 Å². The van der Waals surface area contributed by atoms with Gasteiger partial charge >= 0.3 is 0 Å². The molecule has 8 heavy (non-hydrogen) atoms. The molecule has 0 amide bonds. The zero-order valence-electron chi connectivity index (χ0n) is 5.41. The molecule has 0 aromatic rings. The summed E-state index contributed by atoms with van der Waals surface area (Å²) in [5.41, 5.74) is 0. The van der Waals surface area contributed by atoms with Crippen LogP contribution in [0.15, 0.2) is 0 Å². The fourth-order valence-corrected chi connectivity index (χ4v) is 4.32. The van der Waals surface area contributed by atoms with Gasteiger partial charge in [-0.05, 0) is 12.1 Å². The highest BCUT2D eigenvalue weighted by molar-refractivity contribution is 7.19. The minimum Gasteiger partial charge on any atom is -0.167 e. The molecule has 1 heterocycles. The maximum absolute atomic E-state index is 6.21. The first kappa shape index (κ1) is 6.62. The molecule has 0 aromatic heterocycles. The van der Waals surface area contributed by atoms with Gasteiger partial charge in [-0.2, -0.15) is 11.1 Å². The van der Waals surface area contributed by atoms with Crippen LogP contribution in [-0.2, 0) is 0 Å². The fraction of sp³-hybridized carbons (Fsp3) is 1.00. The minimum atomic E-state index is -1.12. The molecule has 0 spiro atoms. The zero-order chi connectivity index (χ0) is 6.04. The Morgan fingerprint density at radius 3 is 1.88 bits per heavy atom. The van der Waals surface area contributed by atoms with E-state index < -0.39 is 7.38 Å². The molecule has 48 valence electrons. The van der Waals surface area contributed by atoms with E-state index in [-0.39, 0.29) is 0 Å². The Morgan fingerprint density at radius 1 is 1.12 bits per heavy atom. The van der Waals surface area contributed by atoms with Gasteiger partial charge in [0, 0.05) is 0 Å². The van der Waals surface area contributed by atoms with Gasteiger partial charge in [-0.1, -0.05) is 25.8 Å². The van der Waals surface area contributed by atoms with Crippen LogP contribution < -0.4 is 0 Å². The van der Waals surface area contributed by atoms with Crippen molar-refractivity contribution in [2.24, 2.45) is 0 Å². The molecule has 0 saturated carbocycles. The van der Waals surface area contributed by atoms with Gasteiger partial charge in [0.25, 0.3) is 0 Å². The lowest BCUT2D eigenvalue weighted by atomic mass is 10.3. The summed E-state index contributed by atoms with van der Waals surface area (Å²) in [6.07, 6.45) is 4.22. The Hall–Kier alpha value is 0.507. The summed E-state index contributed by atoms with van der Waals surface area (Å²) in [7, 11) is -1.12. The van der Waals surface area contributed by atoms with E-state index in [0.717, 1.165) is 0 Å². The lowest BCUT2D eigenvalue weighted by molar-refractivity contribution is 0.721. The highest BCUT2D eigenvalue weighted by atomic mass is 35.6. The second kappa shape index (κ2) is 2.40. The first-order valence-electron chi connectivity index (χ1n) is 3.40. The Kier molecular flexibility index (Phi) is 1.99. The van der Waals surface area contributed by atoms with Crippen molar-refractivity contribution < 1.29 is 0 Å². The number of hydrogen-bond donors (Lipinski definition) is 0. The van der Waals surface area contributed by atoms with Gasteiger partial charge in [-0.15, -0.1) is 0 Å². The lowest BCUT2D eigenvalue weighted by Crippen LogP contribution is -2.24. The average molecular weight is 149 g/mol. The standard InChI is InChI=1S/C6H13ClSi/c1-8(7)5-3-2-4-6-8/h2-6H2,1H3. The molecule has 0 bridgehead atoms. The summed E-state index contributed by atoms with van der Waals surface area (Å²) in [6.45, 7) is 2.29. The van der Waals surface area contributed by atoms with E-state index in [2.05, 4.69) is 6.55 Å². The second-order valence-corrected chi connectivity index (χ2v) is 9.54. The monoisotopic (exact) mass is 148 g/mol. The van der Waals surface area contributed by atoms with Crippen molar-refractivity contribution in [1.82, 2.24) is 0 Å². The normalized spacial score (nSPS) is 27.8. The van der Waals surface area contributed by atoms with E-state index in [4.69, 9.17) is 11.1 Å². The van der Waals surface area contributed by atoms with Gasteiger partial charge in [0.2, 0.25) is 0 Å². The summed E-state index contributed by atoms with van der Waals surface area (Å²) in [5.74, 6) is 0. The summed E-state index contributed by atoms with van der Waals surface area (Å²) < 4.78 is 0. The smallest absolute Gasteiger partial charge is 0.153 e. The first-order valence-corrected chi connectivity index (χ1v) is 7.32. The van der Waals surface area contributed by atoms with Crippen molar-refractivity contribution in [1.29, 1.82) is 0 Å². The molecule has 1 saturated heterocycles. The molecular formula is C6H13ClSi. The highest BCUT2D eigenvalue weighted by Gasteiger charge is 2.25. The molecule has 0 N–H and O–H groups in total. The van der Waals surface area contributed by atoms with Crippen molar-refractivity contribution in [2.45, 2.75) is 37.9 Å². The summed E-state index contributed by atoms with van der Waals surface area (Å²) in [6, 6.07) is 2.71. The van der Waals surface area contributed by atoms with Gasteiger partial charge in [-0.3, -0.25) is 0 Å². The molecule has 0 nitrogen and oxygen atoms in total. The first-order chi connectivity index (χ1) is 3.71. The molecule has 0 aliphatic carbocycles. The van der Waals surface area contributed by atoms with E-state index in [1.807, 2.05) is 0 Å².